The number of carbonyl (C=O) groups excluding carboxylic acids is 1. The molecule has 3 nitrogen and oxygen atoms in total. The van der Waals surface area contributed by atoms with Gasteiger partial charge in [0.2, 0.25) is 5.91 Å². The van der Waals surface area contributed by atoms with Gasteiger partial charge in [0.25, 0.3) is 0 Å². The lowest BCUT2D eigenvalue weighted by Gasteiger charge is -2.15. The van der Waals surface area contributed by atoms with Crippen LogP contribution in [-0.4, -0.2) is 17.9 Å². The molecule has 0 aliphatic carbocycles. The molecule has 3 rings (SSSR count). The lowest BCUT2D eigenvalue weighted by molar-refractivity contribution is -0.125. The Hall–Kier alpha value is -2.52. The third-order valence-electron chi connectivity index (χ3n) is 3.58. The number of halogens is 1. The fourth-order valence-electron chi connectivity index (χ4n) is 2.33. The molecule has 0 spiro atoms. The van der Waals surface area contributed by atoms with E-state index in [2.05, 4.69) is 0 Å². The maximum Gasteiger partial charge on any atom is 0.246 e. The number of amides is 1. The molecule has 1 heterocycles. The third kappa shape index (κ3) is 3.63. The largest absolute Gasteiger partial charge is 0.457 e. The van der Waals surface area contributed by atoms with Crippen LogP contribution in [-0.2, 0) is 11.3 Å². The lowest BCUT2D eigenvalue weighted by atomic mass is 10.2. The van der Waals surface area contributed by atoms with Crippen LogP contribution in [0.2, 0.25) is 5.02 Å². The van der Waals surface area contributed by atoms with Crippen molar-refractivity contribution in [2.75, 3.05) is 7.05 Å². The zero-order chi connectivity index (χ0) is 16.2. The van der Waals surface area contributed by atoms with Crippen LogP contribution >= 0.6 is 11.6 Å². The Morgan fingerprint density at radius 1 is 1.17 bits per heavy atom. The maximum atomic E-state index is 12.2. The lowest BCUT2D eigenvalue weighted by Crippen LogP contribution is -2.24. The standard InChI is InChI=1S/C19H16ClNO2/c1-21(13-15-7-2-4-8-17(15)20)19(22)11-10-16-12-14-6-3-5-9-18(14)23-16/h2-12H,13H2,1H3/b11-10+. The summed E-state index contributed by atoms with van der Waals surface area (Å²) in [5.41, 5.74) is 1.73. The van der Waals surface area contributed by atoms with E-state index in [0.29, 0.717) is 17.3 Å². The second-order valence-electron chi connectivity index (χ2n) is 5.31. The van der Waals surface area contributed by atoms with Crippen molar-refractivity contribution in [2.24, 2.45) is 0 Å². The molecule has 0 N–H and O–H groups in total. The fourth-order valence-corrected chi connectivity index (χ4v) is 2.52. The Bertz CT molecular complexity index is 833. The van der Waals surface area contributed by atoms with Crippen molar-refractivity contribution in [2.45, 2.75) is 6.54 Å². The smallest absolute Gasteiger partial charge is 0.246 e. The van der Waals surface area contributed by atoms with Crippen LogP contribution in [0.4, 0.5) is 0 Å². The highest BCUT2D eigenvalue weighted by Gasteiger charge is 2.08. The molecule has 116 valence electrons. The summed E-state index contributed by atoms with van der Waals surface area (Å²) in [6, 6.07) is 17.2. The Kier molecular flexibility index (Phi) is 4.49. The van der Waals surface area contributed by atoms with Gasteiger partial charge in [-0.1, -0.05) is 48.0 Å². The molecule has 1 aromatic heterocycles. The summed E-state index contributed by atoms with van der Waals surface area (Å²) in [7, 11) is 1.74. The Morgan fingerprint density at radius 2 is 1.91 bits per heavy atom. The summed E-state index contributed by atoms with van der Waals surface area (Å²) < 4.78 is 5.66. The van der Waals surface area contributed by atoms with Gasteiger partial charge in [0.15, 0.2) is 0 Å². The van der Waals surface area contributed by atoms with Crippen molar-refractivity contribution >= 4 is 34.6 Å². The predicted octanol–water partition coefficient (Wildman–Crippen LogP) is 4.76. The summed E-state index contributed by atoms with van der Waals surface area (Å²) in [6.07, 6.45) is 3.19. The van der Waals surface area contributed by atoms with E-state index < -0.39 is 0 Å². The Labute approximate surface area is 139 Å². The predicted molar refractivity (Wildman–Crippen MR) is 93.2 cm³/mol. The molecule has 0 saturated heterocycles. The van der Waals surface area contributed by atoms with E-state index in [-0.39, 0.29) is 5.91 Å². The van der Waals surface area contributed by atoms with Gasteiger partial charge in [-0.2, -0.15) is 0 Å². The molecule has 3 aromatic rings. The normalized spacial score (nSPS) is 11.2. The highest BCUT2D eigenvalue weighted by molar-refractivity contribution is 6.31. The van der Waals surface area contributed by atoms with Crippen LogP contribution < -0.4 is 0 Å². The molecule has 0 bridgehead atoms. The Morgan fingerprint density at radius 3 is 2.70 bits per heavy atom. The van der Waals surface area contributed by atoms with Crippen molar-refractivity contribution in [1.29, 1.82) is 0 Å². The summed E-state index contributed by atoms with van der Waals surface area (Å²) in [5, 5.41) is 1.68. The number of fused-ring (bicyclic) bond motifs is 1. The quantitative estimate of drug-likeness (QED) is 0.648. The van der Waals surface area contributed by atoms with Crippen molar-refractivity contribution in [3.8, 4) is 0 Å². The van der Waals surface area contributed by atoms with E-state index in [1.165, 1.54) is 6.08 Å². The molecule has 0 saturated carbocycles. The van der Waals surface area contributed by atoms with Gasteiger partial charge in [0.1, 0.15) is 11.3 Å². The average Bonchev–Trinajstić information content (AvgIpc) is 2.97. The van der Waals surface area contributed by atoms with Gasteiger partial charge in [0.05, 0.1) is 0 Å². The van der Waals surface area contributed by atoms with Crippen molar-refractivity contribution in [1.82, 2.24) is 4.90 Å². The summed E-state index contributed by atoms with van der Waals surface area (Å²) in [5.74, 6) is 0.552. The average molecular weight is 326 g/mol. The number of hydrogen-bond acceptors (Lipinski definition) is 2. The summed E-state index contributed by atoms with van der Waals surface area (Å²) in [4.78, 5) is 13.8. The van der Waals surface area contributed by atoms with Gasteiger partial charge in [0, 0.05) is 30.1 Å². The molecule has 0 radical (unpaired) electrons. The van der Waals surface area contributed by atoms with Gasteiger partial charge < -0.3 is 9.32 Å². The van der Waals surface area contributed by atoms with Crippen LogP contribution in [0.15, 0.2) is 65.1 Å². The van der Waals surface area contributed by atoms with E-state index in [0.717, 1.165) is 16.5 Å². The number of para-hydroxylation sites is 1. The monoisotopic (exact) mass is 325 g/mol. The molecule has 4 heteroatoms. The van der Waals surface area contributed by atoms with E-state index in [1.807, 2.05) is 54.6 Å². The van der Waals surface area contributed by atoms with Gasteiger partial charge in [-0.3, -0.25) is 4.79 Å². The molecular weight excluding hydrogens is 310 g/mol. The maximum absolute atomic E-state index is 12.2. The zero-order valence-corrected chi connectivity index (χ0v) is 13.5. The number of nitrogens with zero attached hydrogens (tertiary/aromatic N) is 1. The van der Waals surface area contributed by atoms with E-state index >= 15 is 0 Å². The van der Waals surface area contributed by atoms with Crippen LogP contribution in [0.3, 0.4) is 0 Å². The minimum absolute atomic E-state index is 0.106. The molecule has 0 aliphatic rings. The minimum atomic E-state index is -0.106. The third-order valence-corrected chi connectivity index (χ3v) is 3.95. The topological polar surface area (TPSA) is 33.5 Å². The summed E-state index contributed by atoms with van der Waals surface area (Å²) in [6.45, 7) is 0.461. The minimum Gasteiger partial charge on any atom is -0.457 e. The first-order valence-corrected chi connectivity index (χ1v) is 7.66. The molecule has 0 atom stereocenters. The molecule has 0 unspecified atom stereocenters. The second kappa shape index (κ2) is 6.71. The van der Waals surface area contributed by atoms with Gasteiger partial charge in [-0.05, 0) is 29.8 Å². The molecule has 0 aliphatic heterocycles. The van der Waals surface area contributed by atoms with Crippen LogP contribution in [0.1, 0.15) is 11.3 Å². The van der Waals surface area contributed by atoms with Crippen LogP contribution in [0.25, 0.3) is 17.0 Å². The number of furan rings is 1. The SMILES string of the molecule is CN(Cc1ccccc1Cl)C(=O)/C=C/c1cc2ccccc2o1. The highest BCUT2D eigenvalue weighted by atomic mass is 35.5. The highest BCUT2D eigenvalue weighted by Crippen LogP contribution is 2.20. The molecular formula is C19H16ClNO2. The molecule has 0 fully saturated rings. The molecule has 1 amide bonds. The number of rotatable bonds is 4. The number of likely N-dealkylation sites (N-methyl/N-ethyl adjacent to an activating group) is 1. The van der Waals surface area contributed by atoms with E-state index in [4.69, 9.17) is 16.0 Å². The first kappa shape index (κ1) is 15.4. The number of carbonyl (C=O) groups is 1. The fraction of sp³-hybridized carbons (Fsp3) is 0.105. The number of benzene rings is 2. The van der Waals surface area contributed by atoms with Crippen LogP contribution in [0.5, 0.6) is 0 Å². The van der Waals surface area contributed by atoms with Gasteiger partial charge >= 0.3 is 0 Å². The number of hydrogen-bond donors (Lipinski definition) is 0. The van der Waals surface area contributed by atoms with E-state index in [1.54, 1.807) is 18.0 Å². The van der Waals surface area contributed by atoms with Crippen molar-refractivity contribution in [3.05, 3.63) is 77.0 Å². The van der Waals surface area contributed by atoms with Crippen molar-refractivity contribution < 1.29 is 9.21 Å². The van der Waals surface area contributed by atoms with Gasteiger partial charge in [-0.25, -0.2) is 0 Å². The Balaban J connectivity index is 1.69. The first-order chi connectivity index (χ1) is 11.1. The van der Waals surface area contributed by atoms with Gasteiger partial charge in [-0.15, -0.1) is 0 Å². The molecule has 2 aromatic carbocycles. The first-order valence-electron chi connectivity index (χ1n) is 7.28. The summed E-state index contributed by atoms with van der Waals surface area (Å²) >= 11 is 6.12. The molecule has 23 heavy (non-hydrogen) atoms. The zero-order valence-electron chi connectivity index (χ0n) is 12.7. The second-order valence-corrected chi connectivity index (χ2v) is 5.71. The van der Waals surface area contributed by atoms with Crippen molar-refractivity contribution in [3.63, 3.8) is 0 Å². The van der Waals surface area contributed by atoms with E-state index in [9.17, 15) is 4.79 Å². The van der Waals surface area contributed by atoms with Crippen LogP contribution in [0, 0.1) is 0 Å².